The van der Waals surface area contributed by atoms with Crippen molar-refractivity contribution in [3.8, 4) is 0 Å². The Balaban J connectivity index is 1.91. The highest BCUT2D eigenvalue weighted by Gasteiger charge is 2.58. The maximum atomic E-state index is 12.5. The molecule has 2 saturated heterocycles. The van der Waals surface area contributed by atoms with Gasteiger partial charge < -0.3 is 19.1 Å². The summed E-state index contributed by atoms with van der Waals surface area (Å²) in [6.45, 7) is 7.06. The summed E-state index contributed by atoms with van der Waals surface area (Å²) in [5, 5.41) is 10.7. The lowest BCUT2D eigenvalue weighted by Crippen LogP contribution is -2.52. The second kappa shape index (κ2) is 7.13. The molecule has 3 heterocycles. The monoisotopic (exact) mass is 386 g/mol. The van der Waals surface area contributed by atoms with Gasteiger partial charge in [-0.2, -0.15) is 0 Å². The van der Waals surface area contributed by atoms with E-state index in [0.717, 1.165) is 31.5 Å². The number of alkyl halides is 1. The van der Waals surface area contributed by atoms with E-state index in [4.69, 9.17) is 21.1 Å². The van der Waals surface area contributed by atoms with Crippen LogP contribution in [0.3, 0.4) is 0 Å². The molecule has 0 aromatic rings. The highest BCUT2D eigenvalue weighted by molar-refractivity contribution is 6.17. The molecule has 1 unspecified atom stereocenters. The van der Waals surface area contributed by atoms with Crippen LogP contribution in [-0.2, 0) is 19.1 Å². The van der Waals surface area contributed by atoms with Gasteiger partial charge in [-0.15, -0.1) is 0 Å². The second-order valence-corrected chi connectivity index (χ2v) is 8.67. The van der Waals surface area contributed by atoms with Gasteiger partial charge in [0.15, 0.2) is 17.7 Å². The molecule has 0 saturated carbocycles. The number of quaternary nitrogens is 1. The molecule has 7 heteroatoms. The summed E-state index contributed by atoms with van der Waals surface area (Å²) in [5.74, 6) is -1.25. The zero-order valence-corrected chi connectivity index (χ0v) is 16.5. The van der Waals surface area contributed by atoms with Gasteiger partial charge >= 0.3 is 11.9 Å². The first kappa shape index (κ1) is 19.6. The number of aliphatic hydroxyl groups is 1. The van der Waals surface area contributed by atoms with Crippen LogP contribution in [0, 0.1) is 11.8 Å². The fraction of sp³-hybridized carbons (Fsp3) is 0.789. The third-order valence-electron chi connectivity index (χ3n) is 6.60. The molecule has 146 valence electrons. The van der Waals surface area contributed by atoms with Gasteiger partial charge in [0.05, 0.1) is 19.0 Å². The smallest absolute Gasteiger partial charge is 0.338 e. The maximum Gasteiger partial charge on any atom is 0.338 e. The number of nitrogens with zero attached hydrogens (tertiary/aromatic N) is 1. The van der Waals surface area contributed by atoms with Gasteiger partial charge in [0.25, 0.3) is 0 Å². The lowest BCUT2D eigenvalue weighted by atomic mass is 9.85. The van der Waals surface area contributed by atoms with E-state index in [1.54, 1.807) is 6.92 Å². The summed E-state index contributed by atoms with van der Waals surface area (Å²) in [6, 6.07) is 0.508. The van der Waals surface area contributed by atoms with Gasteiger partial charge in [0.1, 0.15) is 12.6 Å². The maximum absolute atomic E-state index is 12.5. The van der Waals surface area contributed by atoms with Crippen molar-refractivity contribution in [1.29, 1.82) is 0 Å². The first-order valence-electron chi connectivity index (χ1n) is 9.39. The fourth-order valence-corrected chi connectivity index (χ4v) is 5.23. The summed E-state index contributed by atoms with van der Waals surface area (Å²) in [7, 11) is 0. The Morgan fingerprint density at radius 3 is 2.73 bits per heavy atom. The molecule has 0 aliphatic carbocycles. The summed E-state index contributed by atoms with van der Waals surface area (Å²) in [4.78, 5) is 24.9. The van der Waals surface area contributed by atoms with E-state index in [1.807, 2.05) is 6.92 Å². The number of hydrogen-bond acceptors (Lipinski definition) is 5. The zero-order chi connectivity index (χ0) is 19.1. The summed E-state index contributed by atoms with van der Waals surface area (Å²) in [5.41, 5.74) is -0.826. The van der Waals surface area contributed by atoms with E-state index in [0.29, 0.717) is 16.9 Å². The number of carbonyl (C=O) groups is 2. The van der Waals surface area contributed by atoms with Crippen molar-refractivity contribution in [2.45, 2.75) is 57.8 Å². The Kier molecular flexibility index (Phi) is 5.39. The zero-order valence-electron chi connectivity index (χ0n) is 15.7. The molecule has 1 N–H and O–H groups in total. The molecule has 3 aliphatic rings. The first-order chi connectivity index (χ1) is 12.2. The normalized spacial score (nSPS) is 46.1. The standard InChI is InChI=1S/C19H29ClNO5/c1-12-8-13(2)19(3,24)18(23)25-10-14-4-6-21(11-20)7-5-15(17(14)21)26-16(22)9-12/h9,13-15,17,24H,4-8,10-11H2,1-3H3/q+1/b12-9-/t13-,14-,15-,17-,19-,21?/m1/s1. The quantitative estimate of drug-likeness (QED) is 0.323. The molecule has 3 rings (SSSR count). The van der Waals surface area contributed by atoms with Crippen molar-refractivity contribution in [2.75, 3.05) is 25.7 Å². The summed E-state index contributed by atoms with van der Waals surface area (Å²) < 4.78 is 12.0. The van der Waals surface area contributed by atoms with Gasteiger partial charge in [-0.05, 0) is 26.2 Å². The first-order valence-corrected chi connectivity index (χ1v) is 9.92. The molecule has 0 aromatic heterocycles. The van der Waals surface area contributed by atoms with Crippen LogP contribution in [0.15, 0.2) is 11.6 Å². The average molecular weight is 387 g/mol. The molecule has 6 atom stereocenters. The van der Waals surface area contributed by atoms with Gasteiger partial charge in [-0.1, -0.05) is 24.1 Å². The number of rotatable bonds is 1. The largest absolute Gasteiger partial charge is 0.463 e. The molecule has 0 radical (unpaired) electrons. The van der Waals surface area contributed by atoms with Crippen LogP contribution in [0.25, 0.3) is 0 Å². The van der Waals surface area contributed by atoms with Crippen molar-refractivity contribution in [3.63, 3.8) is 0 Å². The highest BCUT2D eigenvalue weighted by atomic mass is 35.5. The minimum atomic E-state index is -1.60. The van der Waals surface area contributed by atoms with E-state index < -0.39 is 11.6 Å². The summed E-state index contributed by atoms with van der Waals surface area (Å²) in [6.07, 6.45) is 3.32. The van der Waals surface area contributed by atoms with Gasteiger partial charge in [-0.3, -0.25) is 0 Å². The molecule has 6 nitrogen and oxygen atoms in total. The molecule has 2 fully saturated rings. The van der Waals surface area contributed by atoms with Gasteiger partial charge in [0.2, 0.25) is 0 Å². The summed E-state index contributed by atoms with van der Waals surface area (Å²) >= 11 is 6.29. The van der Waals surface area contributed by atoms with Crippen molar-refractivity contribution >= 4 is 23.5 Å². The minimum Gasteiger partial charge on any atom is -0.463 e. The van der Waals surface area contributed by atoms with E-state index in [9.17, 15) is 14.7 Å². The molecular formula is C19H29ClNO5+. The Labute approximate surface area is 159 Å². The van der Waals surface area contributed by atoms with Crippen LogP contribution in [0.4, 0.5) is 0 Å². The predicted octanol–water partition coefficient (Wildman–Crippen LogP) is 1.98. The van der Waals surface area contributed by atoms with Crippen molar-refractivity contribution < 1.29 is 28.7 Å². The molecular weight excluding hydrogens is 358 g/mol. The van der Waals surface area contributed by atoms with Crippen molar-refractivity contribution in [3.05, 3.63) is 11.6 Å². The number of esters is 2. The van der Waals surface area contributed by atoms with Crippen LogP contribution in [0.5, 0.6) is 0 Å². The van der Waals surface area contributed by atoms with Crippen molar-refractivity contribution in [2.24, 2.45) is 11.8 Å². The van der Waals surface area contributed by atoms with Crippen LogP contribution < -0.4 is 0 Å². The van der Waals surface area contributed by atoms with Gasteiger partial charge in [-0.25, -0.2) is 9.59 Å². The number of carbonyl (C=O) groups excluding carboxylic acids is 2. The Hall–Kier alpha value is -1.11. The van der Waals surface area contributed by atoms with Crippen LogP contribution in [0.2, 0.25) is 0 Å². The number of halogens is 1. The highest BCUT2D eigenvalue weighted by Crippen LogP contribution is 2.42. The average Bonchev–Trinajstić information content (AvgIpc) is 3.10. The Bertz CT molecular complexity index is 619. The van der Waals surface area contributed by atoms with Crippen LogP contribution in [-0.4, -0.2) is 65.0 Å². The Morgan fingerprint density at radius 1 is 1.35 bits per heavy atom. The number of ether oxygens (including phenoxy) is 2. The number of allylic oxidation sites excluding steroid dienone is 1. The lowest BCUT2D eigenvalue weighted by molar-refractivity contribution is -0.920. The molecule has 0 amide bonds. The van der Waals surface area contributed by atoms with Crippen molar-refractivity contribution in [1.82, 2.24) is 0 Å². The molecule has 0 spiro atoms. The minimum absolute atomic E-state index is 0.0427. The Morgan fingerprint density at radius 2 is 2.04 bits per heavy atom. The topological polar surface area (TPSA) is 72.8 Å². The number of cyclic esters (lactones) is 1. The van der Waals surface area contributed by atoms with E-state index >= 15 is 0 Å². The number of hydrogen-bond donors (Lipinski definition) is 1. The van der Waals surface area contributed by atoms with E-state index in [2.05, 4.69) is 0 Å². The SMILES string of the molecule is C/C1=C/C(=O)O[C@@H]2CC[N+]3(CCl)CC[C@H](COC(=O)[C@](C)(O)[C@H](C)C1)[C@H]23. The molecule has 26 heavy (non-hydrogen) atoms. The van der Waals surface area contributed by atoms with E-state index in [1.165, 1.54) is 13.0 Å². The lowest BCUT2D eigenvalue weighted by Gasteiger charge is -2.35. The molecule has 0 aromatic carbocycles. The van der Waals surface area contributed by atoms with E-state index in [-0.39, 0.29) is 36.6 Å². The van der Waals surface area contributed by atoms with Gasteiger partial charge in [0, 0.05) is 18.9 Å². The second-order valence-electron chi connectivity index (χ2n) is 8.43. The molecule has 3 aliphatic heterocycles. The third-order valence-corrected chi connectivity index (χ3v) is 7.08. The molecule has 0 bridgehead atoms. The predicted molar refractivity (Wildman–Crippen MR) is 96.2 cm³/mol. The van der Waals surface area contributed by atoms with Crippen LogP contribution >= 0.6 is 11.6 Å². The fourth-order valence-electron chi connectivity index (χ4n) is 4.83. The third kappa shape index (κ3) is 3.39. The van der Waals surface area contributed by atoms with Crippen LogP contribution in [0.1, 0.15) is 40.0 Å².